The summed E-state index contributed by atoms with van der Waals surface area (Å²) in [5.41, 5.74) is 3.24. The van der Waals surface area contributed by atoms with Gasteiger partial charge in [-0.2, -0.15) is 5.10 Å². The van der Waals surface area contributed by atoms with Gasteiger partial charge in [0.05, 0.1) is 23.9 Å². The number of hydrazone groups is 1. The quantitative estimate of drug-likeness (QED) is 0.200. The first-order valence-corrected chi connectivity index (χ1v) is 10.5. The molecule has 0 aliphatic rings. The predicted octanol–water partition coefficient (Wildman–Crippen LogP) is 4.86. The van der Waals surface area contributed by atoms with Gasteiger partial charge in [0.15, 0.2) is 18.1 Å². The number of amides is 1. The second-order valence-corrected chi connectivity index (χ2v) is 7.64. The molecule has 0 saturated heterocycles. The van der Waals surface area contributed by atoms with E-state index in [-0.39, 0.29) is 17.9 Å². The van der Waals surface area contributed by atoms with E-state index in [2.05, 4.69) is 26.5 Å². The lowest BCUT2D eigenvalue weighted by molar-refractivity contribution is -0.123. The fourth-order valence-electron chi connectivity index (χ4n) is 2.52. The van der Waals surface area contributed by atoms with Crippen LogP contribution in [0.3, 0.4) is 0 Å². The third-order valence-electron chi connectivity index (χ3n) is 4.07. The summed E-state index contributed by atoms with van der Waals surface area (Å²) in [6.07, 6.45) is 1.43. The number of benzene rings is 3. The van der Waals surface area contributed by atoms with Gasteiger partial charge in [0, 0.05) is 4.47 Å². The van der Waals surface area contributed by atoms with Crippen LogP contribution in [0.1, 0.15) is 15.9 Å². The largest absolute Gasteiger partial charge is 0.493 e. The number of nitrogens with zero attached hydrogens (tertiary/aromatic N) is 1. The first-order valence-electron chi connectivity index (χ1n) is 9.31. The fourth-order valence-corrected chi connectivity index (χ4v) is 3.00. The van der Waals surface area contributed by atoms with Crippen molar-refractivity contribution in [2.24, 2.45) is 5.10 Å². The Bertz CT molecular complexity index is 1140. The van der Waals surface area contributed by atoms with Crippen molar-refractivity contribution in [3.63, 3.8) is 0 Å². The van der Waals surface area contributed by atoms with Gasteiger partial charge in [-0.1, -0.05) is 39.7 Å². The van der Waals surface area contributed by atoms with Crippen molar-refractivity contribution >= 4 is 45.6 Å². The first kappa shape index (κ1) is 23.3. The second-order valence-electron chi connectivity index (χ2n) is 6.32. The third kappa shape index (κ3) is 6.57. The van der Waals surface area contributed by atoms with Crippen LogP contribution in [0.25, 0.3) is 0 Å². The summed E-state index contributed by atoms with van der Waals surface area (Å²) in [6, 6.07) is 18.5. The molecule has 0 aromatic heterocycles. The lowest BCUT2D eigenvalue weighted by atomic mass is 10.2. The van der Waals surface area contributed by atoms with Gasteiger partial charge in [-0.15, -0.1) is 0 Å². The molecule has 0 bridgehead atoms. The number of methoxy groups -OCH3 is 1. The first-order chi connectivity index (χ1) is 15.5. The highest BCUT2D eigenvalue weighted by molar-refractivity contribution is 9.10. The maximum atomic E-state index is 12.4. The van der Waals surface area contributed by atoms with Gasteiger partial charge in [0.25, 0.3) is 5.91 Å². The summed E-state index contributed by atoms with van der Waals surface area (Å²) in [7, 11) is 1.45. The van der Waals surface area contributed by atoms with E-state index in [1.54, 1.807) is 54.6 Å². The lowest BCUT2D eigenvalue weighted by Gasteiger charge is -2.10. The topological polar surface area (TPSA) is 86.2 Å². The number of esters is 1. The summed E-state index contributed by atoms with van der Waals surface area (Å²) < 4.78 is 17.0. The van der Waals surface area contributed by atoms with Crippen molar-refractivity contribution < 1.29 is 23.8 Å². The molecular formula is C23H18BrClN2O5. The normalized spacial score (nSPS) is 10.6. The van der Waals surface area contributed by atoms with Crippen molar-refractivity contribution in [1.29, 1.82) is 0 Å². The Balaban J connectivity index is 1.57. The van der Waals surface area contributed by atoms with E-state index in [9.17, 15) is 9.59 Å². The number of ether oxygens (including phenoxy) is 3. The predicted molar refractivity (Wildman–Crippen MR) is 125 cm³/mol. The van der Waals surface area contributed by atoms with Gasteiger partial charge < -0.3 is 14.2 Å². The molecule has 3 rings (SSSR count). The minimum Gasteiger partial charge on any atom is -0.493 e. The Hall–Kier alpha value is -3.36. The molecule has 3 aromatic rings. The number of rotatable bonds is 8. The van der Waals surface area contributed by atoms with Crippen LogP contribution in [0.15, 0.2) is 76.3 Å². The lowest BCUT2D eigenvalue weighted by Crippen LogP contribution is -2.24. The van der Waals surface area contributed by atoms with E-state index in [0.717, 1.165) is 4.47 Å². The summed E-state index contributed by atoms with van der Waals surface area (Å²) in [5, 5.41) is 4.19. The molecule has 1 N–H and O–H groups in total. The zero-order valence-corrected chi connectivity index (χ0v) is 19.2. The molecule has 32 heavy (non-hydrogen) atoms. The number of halogens is 2. The van der Waals surface area contributed by atoms with Gasteiger partial charge >= 0.3 is 5.97 Å². The average molecular weight is 518 g/mol. The smallest absolute Gasteiger partial charge is 0.345 e. The van der Waals surface area contributed by atoms with Crippen LogP contribution in [0.5, 0.6) is 17.2 Å². The maximum absolute atomic E-state index is 12.4. The molecule has 0 aliphatic carbocycles. The number of hydrogen-bond acceptors (Lipinski definition) is 6. The van der Waals surface area contributed by atoms with Crippen molar-refractivity contribution in [2.45, 2.75) is 0 Å². The van der Waals surface area contributed by atoms with Gasteiger partial charge in [0.2, 0.25) is 0 Å². The van der Waals surface area contributed by atoms with E-state index < -0.39 is 11.9 Å². The highest BCUT2D eigenvalue weighted by Gasteiger charge is 2.15. The second kappa shape index (κ2) is 11.3. The van der Waals surface area contributed by atoms with E-state index in [4.69, 9.17) is 25.8 Å². The fraction of sp³-hybridized carbons (Fsp3) is 0.0870. The summed E-state index contributed by atoms with van der Waals surface area (Å²) in [5.74, 6) is 0.0922. The molecule has 0 radical (unpaired) electrons. The van der Waals surface area contributed by atoms with Crippen molar-refractivity contribution in [3.8, 4) is 17.2 Å². The van der Waals surface area contributed by atoms with Crippen LogP contribution < -0.4 is 19.6 Å². The van der Waals surface area contributed by atoms with E-state index >= 15 is 0 Å². The van der Waals surface area contributed by atoms with Crippen LogP contribution in [-0.2, 0) is 4.79 Å². The molecule has 0 fully saturated rings. The standard InChI is InChI=1S/C23H18BrClN2O5/c1-30-21-12-15(6-11-20(21)32-23(29)18-4-2-3-5-19(18)25)13-26-27-22(28)14-31-17-9-7-16(24)8-10-17/h2-13H,14H2,1H3,(H,27,28)/b26-13+. The Kier molecular flexibility index (Phi) is 8.24. The molecule has 0 spiro atoms. The van der Waals surface area contributed by atoms with E-state index in [0.29, 0.717) is 22.1 Å². The molecule has 7 nitrogen and oxygen atoms in total. The molecule has 164 valence electrons. The van der Waals surface area contributed by atoms with Gasteiger partial charge in [-0.3, -0.25) is 4.79 Å². The van der Waals surface area contributed by atoms with Crippen LogP contribution in [0, 0.1) is 0 Å². The maximum Gasteiger partial charge on any atom is 0.345 e. The number of carbonyl (C=O) groups excluding carboxylic acids is 2. The van der Waals surface area contributed by atoms with E-state index in [1.807, 2.05) is 12.1 Å². The number of hydrogen-bond donors (Lipinski definition) is 1. The Morgan fingerprint density at radius 1 is 1.06 bits per heavy atom. The molecular weight excluding hydrogens is 500 g/mol. The summed E-state index contributed by atoms with van der Waals surface area (Å²) in [6.45, 7) is -0.181. The average Bonchev–Trinajstić information content (AvgIpc) is 2.79. The van der Waals surface area contributed by atoms with Gasteiger partial charge in [-0.25, -0.2) is 10.2 Å². The zero-order chi connectivity index (χ0) is 22.9. The molecule has 1 amide bonds. The Morgan fingerprint density at radius 3 is 2.53 bits per heavy atom. The molecule has 0 atom stereocenters. The molecule has 0 saturated carbocycles. The van der Waals surface area contributed by atoms with Crippen molar-refractivity contribution in [1.82, 2.24) is 5.43 Å². The Labute approximate surface area is 198 Å². The highest BCUT2D eigenvalue weighted by atomic mass is 79.9. The summed E-state index contributed by atoms with van der Waals surface area (Å²) in [4.78, 5) is 24.2. The number of carbonyl (C=O) groups is 2. The van der Waals surface area contributed by atoms with E-state index in [1.165, 1.54) is 13.3 Å². The molecule has 0 unspecified atom stereocenters. The van der Waals surface area contributed by atoms with Crippen LogP contribution >= 0.6 is 27.5 Å². The monoisotopic (exact) mass is 516 g/mol. The Morgan fingerprint density at radius 2 is 1.81 bits per heavy atom. The zero-order valence-electron chi connectivity index (χ0n) is 16.9. The SMILES string of the molecule is COc1cc(/C=N/NC(=O)COc2ccc(Br)cc2)ccc1OC(=O)c1ccccc1Cl. The number of nitrogens with one attached hydrogen (secondary N) is 1. The van der Waals surface area contributed by atoms with Gasteiger partial charge in [0.1, 0.15) is 5.75 Å². The molecule has 3 aromatic carbocycles. The van der Waals surface area contributed by atoms with Crippen LogP contribution in [-0.4, -0.2) is 31.8 Å². The van der Waals surface area contributed by atoms with Crippen molar-refractivity contribution in [2.75, 3.05) is 13.7 Å². The van der Waals surface area contributed by atoms with Gasteiger partial charge in [-0.05, 0) is 60.2 Å². The highest BCUT2D eigenvalue weighted by Crippen LogP contribution is 2.29. The minimum absolute atomic E-state index is 0.181. The minimum atomic E-state index is -0.603. The molecule has 0 aliphatic heterocycles. The molecule has 9 heteroatoms. The van der Waals surface area contributed by atoms with Crippen LogP contribution in [0.4, 0.5) is 0 Å². The summed E-state index contributed by atoms with van der Waals surface area (Å²) >= 11 is 9.36. The van der Waals surface area contributed by atoms with Crippen molar-refractivity contribution in [3.05, 3.63) is 87.4 Å². The third-order valence-corrected chi connectivity index (χ3v) is 4.93. The van der Waals surface area contributed by atoms with Crippen LogP contribution in [0.2, 0.25) is 5.02 Å². The molecule has 0 heterocycles.